The van der Waals surface area contributed by atoms with Gasteiger partial charge in [-0.3, -0.25) is 9.58 Å². The van der Waals surface area contributed by atoms with Crippen LogP contribution in [0.3, 0.4) is 0 Å². The molecule has 0 amide bonds. The number of fused-ring (bicyclic) bond motifs is 3. The molecule has 0 spiro atoms. The summed E-state index contributed by atoms with van der Waals surface area (Å²) >= 11 is 0. The third kappa shape index (κ3) is 3.39. The third-order valence-corrected chi connectivity index (χ3v) is 6.26. The number of aryl methyl sites for hydroxylation is 2. The molecule has 0 radical (unpaired) electrons. The molecule has 4 aromatic rings. The second kappa shape index (κ2) is 8.00. The van der Waals surface area contributed by atoms with Crippen LogP contribution in [0.4, 0.5) is 0 Å². The Morgan fingerprint density at radius 1 is 1.13 bits per heavy atom. The van der Waals surface area contributed by atoms with Crippen molar-refractivity contribution < 1.29 is 4.74 Å². The molecule has 1 aliphatic heterocycles. The summed E-state index contributed by atoms with van der Waals surface area (Å²) in [5.74, 6) is 0.941. The van der Waals surface area contributed by atoms with Gasteiger partial charge < -0.3 is 9.72 Å². The van der Waals surface area contributed by atoms with Crippen molar-refractivity contribution in [3.63, 3.8) is 0 Å². The third-order valence-electron chi connectivity index (χ3n) is 6.26. The first kappa shape index (κ1) is 18.9. The summed E-state index contributed by atoms with van der Waals surface area (Å²) in [6.45, 7) is 5.16. The minimum absolute atomic E-state index is 0.225. The molecule has 3 heterocycles. The molecule has 2 aromatic heterocycles. The van der Waals surface area contributed by atoms with Crippen molar-refractivity contribution in [1.82, 2.24) is 19.7 Å². The van der Waals surface area contributed by atoms with Gasteiger partial charge in [0.25, 0.3) is 0 Å². The summed E-state index contributed by atoms with van der Waals surface area (Å²) in [4.78, 5) is 6.37. The van der Waals surface area contributed by atoms with Crippen molar-refractivity contribution in [1.29, 1.82) is 0 Å². The van der Waals surface area contributed by atoms with Crippen LogP contribution in [0.5, 0.6) is 5.75 Å². The quantitative estimate of drug-likeness (QED) is 0.509. The Morgan fingerprint density at radius 2 is 2.03 bits per heavy atom. The molecule has 0 aliphatic carbocycles. The Hall–Kier alpha value is -3.05. The lowest BCUT2D eigenvalue weighted by atomic mass is 9.91. The number of nitrogens with zero attached hydrogens (tertiary/aromatic N) is 3. The SMILES string of the molecule is COc1ccc([C@H]2c3[nH]c4ccccc4c3CCN2CCCn2cccn2)cc1C. The number of hydrogen-bond donors (Lipinski definition) is 1. The molecule has 1 N–H and O–H groups in total. The van der Waals surface area contributed by atoms with Gasteiger partial charge in [0.2, 0.25) is 0 Å². The molecule has 0 fully saturated rings. The maximum Gasteiger partial charge on any atom is 0.121 e. The van der Waals surface area contributed by atoms with Crippen LogP contribution >= 0.6 is 0 Å². The minimum Gasteiger partial charge on any atom is -0.496 e. The average Bonchev–Trinajstić information content (AvgIpc) is 3.41. The number of rotatable bonds is 6. The molecule has 30 heavy (non-hydrogen) atoms. The first-order valence-corrected chi connectivity index (χ1v) is 10.7. The Bertz CT molecular complexity index is 1150. The number of hydrogen-bond acceptors (Lipinski definition) is 3. The van der Waals surface area contributed by atoms with Gasteiger partial charge in [0.1, 0.15) is 5.75 Å². The first-order valence-electron chi connectivity index (χ1n) is 10.7. The lowest BCUT2D eigenvalue weighted by molar-refractivity contribution is 0.204. The standard InChI is InChI=1S/C25H28N4O/c1-18-17-19(9-10-23(18)30-2)25-24-21(20-7-3-4-8-22(20)27-24)11-16-28(25)13-6-15-29-14-5-12-26-29/h3-5,7-10,12,14,17,25,27H,6,11,13,15-16H2,1-2H3/t25-/m0/s1. The predicted molar refractivity (Wildman–Crippen MR) is 120 cm³/mol. The largest absolute Gasteiger partial charge is 0.496 e. The lowest BCUT2D eigenvalue weighted by Crippen LogP contribution is -2.37. The Balaban J connectivity index is 1.51. The van der Waals surface area contributed by atoms with Gasteiger partial charge >= 0.3 is 0 Å². The van der Waals surface area contributed by atoms with Crippen LogP contribution in [0.25, 0.3) is 10.9 Å². The molecule has 0 bridgehead atoms. The zero-order valence-corrected chi connectivity index (χ0v) is 17.6. The number of H-pyrrole nitrogens is 1. The van der Waals surface area contributed by atoms with Crippen LogP contribution in [-0.2, 0) is 13.0 Å². The molecule has 0 unspecified atom stereocenters. The lowest BCUT2D eigenvalue weighted by Gasteiger charge is -2.36. The van der Waals surface area contributed by atoms with E-state index in [2.05, 4.69) is 64.4 Å². The van der Waals surface area contributed by atoms with Crippen molar-refractivity contribution >= 4 is 10.9 Å². The smallest absolute Gasteiger partial charge is 0.121 e. The highest BCUT2D eigenvalue weighted by atomic mass is 16.5. The summed E-state index contributed by atoms with van der Waals surface area (Å²) in [5, 5.41) is 5.71. The van der Waals surface area contributed by atoms with Gasteiger partial charge in [0.05, 0.1) is 13.2 Å². The van der Waals surface area contributed by atoms with Crippen LogP contribution < -0.4 is 4.74 Å². The highest BCUT2D eigenvalue weighted by Gasteiger charge is 2.31. The van der Waals surface area contributed by atoms with Crippen LogP contribution in [0.15, 0.2) is 60.9 Å². The van der Waals surface area contributed by atoms with Crippen LogP contribution in [0, 0.1) is 6.92 Å². The predicted octanol–water partition coefficient (Wildman–Crippen LogP) is 4.72. The van der Waals surface area contributed by atoms with E-state index in [9.17, 15) is 0 Å². The van der Waals surface area contributed by atoms with Crippen molar-refractivity contribution in [2.75, 3.05) is 20.2 Å². The fourth-order valence-corrected chi connectivity index (χ4v) is 4.85. The fourth-order valence-electron chi connectivity index (χ4n) is 4.85. The summed E-state index contributed by atoms with van der Waals surface area (Å²) in [5.41, 5.74) is 6.53. The zero-order chi connectivity index (χ0) is 20.5. The molecule has 5 nitrogen and oxygen atoms in total. The number of aromatic nitrogens is 3. The molecule has 0 saturated heterocycles. The van der Waals surface area contributed by atoms with Crippen molar-refractivity contribution in [3.05, 3.63) is 83.3 Å². The van der Waals surface area contributed by atoms with Gasteiger partial charge in [0, 0.05) is 48.6 Å². The van der Waals surface area contributed by atoms with Crippen molar-refractivity contribution in [2.24, 2.45) is 0 Å². The Kier molecular flexibility index (Phi) is 5.05. The summed E-state index contributed by atoms with van der Waals surface area (Å²) in [6.07, 6.45) is 6.03. The van der Waals surface area contributed by atoms with Gasteiger partial charge in [-0.05, 0) is 54.7 Å². The highest BCUT2D eigenvalue weighted by molar-refractivity contribution is 5.85. The Labute approximate surface area is 177 Å². The van der Waals surface area contributed by atoms with E-state index >= 15 is 0 Å². The second-order valence-corrected chi connectivity index (χ2v) is 8.10. The first-order chi connectivity index (χ1) is 14.7. The van der Waals surface area contributed by atoms with Crippen LogP contribution in [-0.4, -0.2) is 39.9 Å². The van der Waals surface area contributed by atoms with Crippen LogP contribution in [0.1, 0.15) is 34.8 Å². The van der Waals surface area contributed by atoms with E-state index in [-0.39, 0.29) is 6.04 Å². The minimum atomic E-state index is 0.225. The van der Waals surface area contributed by atoms with Gasteiger partial charge in [-0.25, -0.2) is 0 Å². The molecular formula is C25H28N4O. The number of aromatic amines is 1. The Morgan fingerprint density at radius 3 is 2.83 bits per heavy atom. The summed E-state index contributed by atoms with van der Waals surface area (Å²) in [7, 11) is 1.74. The van der Waals surface area contributed by atoms with Gasteiger partial charge in [-0.15, -0.1) is 0 Å². The number of methoxy groups -OCH3 is 1. The van der Waals surface area contributed by atoms with E-state index in [1.54, 1.807) is 7.11 Å². The van der Waals surface area contributed by atoms with E-state index in [0.29, 0.717) is 0 Å². The number of nitrogens with one attached hydrogen (secondary N) is 1. The van der Waals surface area contributed by atoms with Gasteiger partial charge in [0.15, 0.2) is 0 Å². The molecule has 154 valence electrons. The summed E-state index contributed by atoms with van der Waals surface area (Å²) in [6, 6.07) is 17.5. The molecule has 5 rings (SSSR count). The fraction of sp³-hybridized carbons (Fsp3) is 0.320. The molecule has 5 heteroatoms. The molecule has 0 saturated carbocycles. The number of benzene rings is 2. The monoisotopic (exact) mass is 400 g/mol. The average molecular weight is 401 g/mol. The summed E-state index contributed by atoms with van der Waals surface area (Å²) < 4.78 is 7.53. The van der Waals surface area contributed by atoms with Crippen molar-refractivity contribution in [3.8, 4) is 5.75 Å². The van der Waals surface area contributed by atoms with E-state index in [4.69, 9.17) is 4.74 Å². The van der Waals surface area contributed by atoms with E-state index in [1.165, 1.54) is 33.3 Å². The van der Waals surface area contributed by atoms with Gasteiger partial charge in [-0.1, -0.05) is 30.3 Å². The zero-order valence-electron chi connectivity index (χ0n) is 17.6. The van der Waals surface area contributed by atoms with Crippen LogP contribution in [0.2, 0.25) is 0 Å². The number of ether oxygens (including phenoxy) is 1. The van der Waals surface area contributed by atoms with Crippen molar-refractivity contribution in [2.45, 2.75) is 32.4 Å². The van der Waals surface area contributed by atoms with E-state index in [0.717, 1.165) is 38.2 Å². The normalized spacial score (nSPS) is 16.7. The molecule has 1 atom stereocenters. The molecule has 2 aromatic carbocycles. The van der Waals surface area contributed by atoms with Gasteiger partial charge in [-0.2, -0.15) is 5.10 Å². The molecule has 1 aliphatic rings. The van der Waals surface area contributed by atoms with E-state index < -0.39 is 0 Å². The second-order valence-electron chi connectivity index (χ2n) is 8.10. The highest BCUT2D eigenvalue weighted by Crippen LogP contribution is 2.39. The number of para-hydroxylation sites is 1. The topological polar surface area (TPSA) is 46.1 Å². The van der Waals surface area contributed by atoms with E-state index in [1.807, 2.05) is 23.1 Å². The molecular weight excluding hydrogens is 372 g/mol. The maximum absolute atomic E-state index is 5.51. The maximum atomic E-state index is 5.51.